The smallest absolute Gasteiger partial charge is 0.294 e. The van der Waals surface area contributed by atoms with Gasteiger partial charge in [-0.25, -0.2) is 4.39 Å². The Labute approximate surface area is 226 Å². The van der Waals surface area contributed by atoms with E-state index in [1.807, 2.05) is 17.0 Å². The molecule has 200 valence electrons. The van der Waals surface area contributed by atoms with Crippen LogP contribution >= 0.6 is 11.6 Å². The van der Waals surface area contributed by atoms with Gasteiger partial charge in [0.15, 0.2) is 0 Å². The van der Waals surface area contributed by atoms with E-state index in [9.17, 15) is 18.8 Å². The first-order valence-electron chi connectivity index (χ1n) is 12.6. The molecular weight excluding hydrogens is 507 g/mol. The maximum Gasteiger partial charge on any atom is 0.294 e. The molecule has 0 radical (unpaired) electrons. The number of nitrogens with zero attached hydrogens (tertiary/aromatic N) is 4. The number of rotatable bonds is 5. The molecule has 2 fully saturated rings. The molecule has 7 nitrogen and oxygen atoms in total. The number of halogens is 2. The summed E-state index contributed by atoms with van der Waals surface area (Å²) in [7, 11) is 4.84. The highest BCUT2D eigenvalue weighted by molar-refractivity contribution is 6.45. The highest BCUT2D eigenvalue weighted by Gasteiger charge is 2.58. The van der Waals surface area contributed by atoms with Gasteiger partial charge in [-0.2, -0.15) is 0 Å². The number of likely N-dealkylation sites (N-methyl/N-ethyl adjacent to an activating group) is 1. The molecule has 2 aliphatic rings. The van der Waals surface area contributed by atoms with Crippen LogP contribution < -0.4 is 0 Å². The monoisotopic (exact) mass is 538 g/mol. The number of aryl methyl sites for hydroxylation is 1. The molecule has 3 heterocycles. The standard InChI is InChI=1S/C29H32ClFN4O3/c1-28-14-34(12-18-6-8-19(31)9-7-18)15-29(28,2)17-35(16-28)26(37)21-10-20-22(25(36)27(38)32(3)4)13-33(5)24(20)11-23(21)30/h6-11,13H,12,14-17H2,1-5H3. The molecule has 5 rings (SSSR count). The molecule has 2 saturated heterocycles. The number of fused-ring (bicyclic) bond motifs is 2. The van der Waals surface area contributed by atoms with Gasteiger partial charge in [-0.3, -0.25) is 19.3 Å². The molecular formula is C29H32ClFN4O3. The van der Waals surface area contributed by atoms with Gasteiger partial charge in [-0.1, -0.05) is 37.6 Å². The lowest BCUT2D eigenvalue weighted by Crippen LogP contribution is -2.35. The second kappa shape index (κ2) is 9.20. The molecule has 0 N–H and O–H groups in total. The largest absolute Gasteiger partial charge is 0.350 e. The molecule has 0 spiro atoms. The molecule has 38 heavy (non-hydrogen) atoms. The molecule has 2 atom stereocenters. The average molecular weight is 539 g/mol. The van der Waals surface area contributed by atoms with Crippen molar-refractivity contribution >= 4 is 40.1 Å². The first kappa shape index (κ1) is 26.4. The summed E-state index contributed by atoms with van der Waals surface area (Å²) in [6.45, 7) is 7.97. The summed E-state index contributed by atoms with van der Waals surface area (Å²) in [5, 5.41) is 0.842. The van der Waals surface area contributed by atoms with Crippen molar-refractivity contribution in [3.63, 3.8) is 0 Å². The van der Waals surface area contributed by atoms with Crippen LogP contribution in [0, 0.1) is 16.6 Å². The summed E-state index contributed by atoms with van der Waals surface area (Å²) >= 11 is 6.61. The van der Waals surface area contributed by atoms with Crippen molar-refractivity contribution in [2.24, 2.45) is 17.9 Å². The van der Waals surface area contributed by atoms with Gasteiger partial charge in [0, 0.05) is 76.3 Å². The number of aromatic nitrogens is 1. The number of Topliss-reactive ketones (excluding diaryl/α,β-unsaturated/α-hetero) is 1. The molecule has 9 heteroatoms. The van der Waals surface area contributed by atoms with Crippen molar-refractivity contribution in [2.75, 3.05) is 40.3 Å². The third kappa shape index (κ3) is 4.29. The summed E-state index contributed by atoms with van der Waals surface area (Å²) in [6, 6.07) is 9.94. The Morgan fingerprint density at radius 3 is 2.16 bits per heavy atom. The first-order chi connectivity index (χ1) is 17.8. The van der Waals surface area contributed by atoms with E-state index in [2.05, 4.69) is 18.7 Å². The lowest BCUT2D eigenvalue weighted by molar-refractivity contribution is -0.124. The third-order valence-electron chi connectivity index (χ3n) is 8.44. The number of amides is 2. The van der Waals surface area contributed by atoms with Crippen molar-refractivity contribution < 1.29 is 18.8 Å². The predicted molar refractivity (Wildman–Crippen MR) is 145 cm³/mol. The van der Waals surface area contributed by atoms with E-state index in [0.717, 1.165) is 25.2 Å². The van der Waals surface area contributed by atoms with E-state index in [-0.39, 0.29) is 28.1 Å². The number of ketones is 1. The number of carbonyl (C=O) groups is 3. The SMILES string of the molecule is CN(C)C(=O)C(=O)c1cn(C)c2cc(Cl)c(C(=O)N3CC4(C)CN(Cc5ccc(F)cc5)CC4(C)C3)cc12. The van der Waals surface area contributed by atoms with Crippen molar-refractivity contribution in [2.45, 2.75) is 20.4 Å². The van der Waals surface area contributed by atoms with Gasteiger partial charge in [0.2, 0.25) is 0 Å². The Kier molecular flexibility index (Phi) is 6.39. The maximum atomic E-state index is 13.8. The fourth-order valence-electron chi connectivity index (χ4n) is 6.14. The molecule has 2 amide bonds. The summed E-state index contributed by atoms with van der Waals surface area (Å²) in [6.07, 6.45) is 1.61. The maximum absolute atomic E-state index is 13.8. The average Bonchev–Trinajstić information content (AvgIpc) is 3.39. The van der Waals surface area contributed by atoms with Crippen LogP contribution in [0.5, 0.6) is 0 Å². The highest BCUT2D eigenvalue weighted by atomic mass is 35.5. The normalized spacial score (nSPS) is 23.2. The molecule has 1 aromatic heterocycles. The Morgan fingerprint density at radius 1 is 0.974 bits per heavy atom. The minimum Gasteiger partial charge on any atom is -0.350 e. The van der Waals surface area contributed by atoms with Crippen LogP contribution in [0.25, 0.3) is 10.9 Å². The summed E-state index contributed by atoms with van der Waals surface area (Å²) in [5.41, 5.74) is 2.08. The van der Waals surface area contributed by atoms with Crippen LogP contribution in [0.1, 0.15) is 40.1 Å². The van der Waals surface area contributed by atoms with Gasteiger partial charge >= 0.3 is 0 Å². The molecule has 0 bridgehead atoms. The Balaban J connectivity index is 1.39. The van der Waals surface area contributed by atoms with Crippen LogP contribution in [-0.4, -0.2) is 77.1 Å². The van der Waals surface area contributed by atoms with Crippen molar-refractivity contribution in [1.29, 1.82) is 0 Å². The first-order valence-corrected chi connectivity index (χ1v) is 13.0. The minimum absolute atomic E-state index is 0.120. The van der Waals surface area contributed by atoms with Gasteiger partial charge in [0.1, 0.15) is 5.82 Å². The van der Waals surface area contributed by atoms with E-state index in [4.69, 9.17) is 11.6 Å². The highest BCUT2D eigenvalue weighted by Crippen LogP contribution is 2.52. The topological polar surface area (TPSA) is 65.9 Å². The van der Waals surface area contributed by atoms with E-state index < -0.39 is 11.7 Å². The summed E-state index contributed by atoms with van der Waals surface area (Å²) in [4.78, 5) is 44.5. The van der Waals surface area contributed by atoms with Crippen molar-refractivity contribution in [1.82, 2.24) is 19.3 Å². The van der Waals surface area contributed by atoms with E-state index >= 15 is 0 Å². The number of carbonyl (C=O) groups excluding carboxylic acids is 3. The summed E-state index contributed by atoms with van der Waals surface area (Å²) in [5.74, 6) is -1.68. The van der Waals surface area contributed by atoms with Gasteiger partial charge in [-0.15, -0.1) is 0 Å². The Hall–Kier alpha value is -3.23. The number of hydrogen-bond donors (Lipinski definition) is 0. The fourth-order valence-corrected chi connectivity index (χ4v) is 6.38. The van der Waals surface area contributed by atoms with Gasteiger partial charge in [0.25, 0.3) is 17.6 Å². The summed E-state index contributed by atoms with van der Waals surface area (Å²) < 4.78 is 15.1. The lowest BCUT2D eigenvalue weighted by Gasteiger charge is -2.30. The molecule has 2 aliphatic heterocycles. The van der Waals surface area contributed by atoms with Crippen LogP contribution in [-0.2, 0) is 18.4 Å². The van der Waals surface area contributed by atoms with E-state index in [1.54, 1.807) is 29.9 Å². The fraction of sp³-hybridized carbons (Fsp3) is 0.414. The van der Waals surface area contributed by atoms with Crippen LogP contribution in [0.4, 0.5) is 4.39 Å². The minimum atomic E-state index is -0.627. The quantitative estimate of drug-likeness (QED) is 0.360. The number of likely N-dealkylation sites (tertiary alicyclic amines) is 2. The second-order valence-electron chi connectivity index (χ2n) is 11.6. The van der Waals surface area contributed by atoms with Crippen molar-refractivity contribution in [3.05, 3.63) is 70.1 Å². The molecule has 0 aliphatic carbocycles. The van der Waals surface area contributed by atoms with Gasteiger partial charge in [0.05, 0.1) is 21.7 Å². The lowest BCUT2D eigenvalue weighted by atomic mass is 9.71. The van der Waals surface area contributed by atoms with Gasteiger partial charge in [-0.05, 0) is 29.8 Å². The number of benzene rings is 2. The van der Waals surface area contributed by atoms with E-state index in [1.165, 1.54) is 31.1 Å². The molecule has 0 saturated carbocycles. The Bertz CT molecular complexity index is 1450. The molecule has 2 unspecified atom stereocenters. The zero-order valence-corrected chi connectivity index (χ0v) is 23.1. The zero-order chi connectivity index (χ0) is 27.6. The van der Waals surface area contributed by atoms with Crippen LogP contribution in [0.15, 0.2) is 42.6 Å². The molecule has 2 aromatic carbocycles. The molecule has 3 aromatic rings. The number of hydrogen-bond acceptors (Lipinski definition) is 4. The van der Waals surface area contributed by atoms with E-state index in [0.29, 0.717) is 34.6 Å². The van der Waals surface area contributed by atoms with Crippen molar-refractivity contribution in [3.8, 4) is 0 Å². The van der Waals surface area contributed by atoms with Crippen LogP contribution in [0.3, 0.4) is 0 Å². The zero-order valence-electron chi connectivity index (χ0n) is 22.3. The van der Waals surface area contributed by atoms with Gasteiger partial charge < -0.3 is 14.4 Å². The third-order valence-corrected chi connectivity index (χ3v) is 8.76. The second-order valence-corrected chi connectivity index (χ2v) is 12.0. The Morgan fingerprint density at radius 2 is 1.58 bits per heavy atom. The van der Waals surface area contributed by atoms with Crippen LogP contribution in [0.2, 0.25) is 5.02 Å². The predicted octanol–water partition coefficient (Wildman–Crippen LogP) is 4.23.